The van der Waals surface area contributed by atoms with Crippen LogP contribution in [0.25, 0.3) is 0 Å². The van der Waals surface area contributed by atoms with Crippen molar-refractivity contribution in [2.24, 2.45) is 34.5 Å². The van der Waals surface area contributed by atoms with Crippen molar-refractivity contribution in [3.8, 4) is 0 Å². The molecule has 1 saturated heterocycles. The monoisotopic (exact) mass is 362 g/mol. The molecular formula is C23H38O3. The fourth-order valence-corrected chi connectivity index (χ4v) is 8.53. The molecule has 5 aliphatic rings. The highest BCUT2D eigenvalue weighted by Crippen LogP contribution is 2.70. The number of ether oxygens (including phenoxy) is 2. The van der Waals surface area contributed by atoms with E-state index in [-0.39, 0.29) is 16.8 Å². The van der Waals surface area contributed by atoms with Gasteiger partial charge < -0.3 is 14.6 Å². The maximum Gasteiger partial charge on any atom is 0.174 e. The van der Waals surface area contributed by atoms with Crippen molar-refractivity contribution in [2.75, 3.05) is 13.2 Å². The Hall–Kier alpha value is -0.120. The smallest absolute Gasteiger partial charge is 0.174 e. The fourth-order valence-electron chi connectivity index (χ4n) is 8.53. The summed E-state index contributed by atoms with van der Waals surface area (Å²) in [6, 6.07) is 0. The highest BCUT2D eigenvalue weighted by atomic mass is 16.7. The Bertz CT molecular complexity index is 570. The summed E-state index contributed by atoms with van der Waals surface area (Å²) in [4.78, 5) is 0. The van der Waals surface area contributed by atoms with E-state index in [0.717, 1.165) is 62.6 Å². The zero-order chi connectivity index (χ0) is 18.2. The Morgan fingerprint density at radius 3 is 2.35 bits per heavy atom. The molecule has 0 bridgehead atoms. The maximum atomic E-state index is 10.9. The molecule has 26 heavy (non-hydrogen) atoms. The summed E-state index contributed by atoms with van der Waals surface area (Å²) in [5.41, 5.74) is 0.272. The molecule has 1 aliphatic heterocycles. The van der Waals surface area contributed by atoms with Gasteiger partial charge in [0.2, 0.25) is 0 Å². The molecule has 5 fully saturated rings. The molecule has 0 aromatic carbocycles. The molecule has 0 aromatic rings. The van der Waals surface area contributed by atoms with Crippen LogP contribution >= 0.6 is 0 Å². The van der Waals surface area contributed by atoms with Gasteiger partial charge in [0.05, 0.1) is 18.8 Å². The lowest BCUT2D eigenvalue weighted by Crippen LogP contribution is -2.58. The highest BCUT2D eigenvalue weighted by Gasteiger charge is 2.67. The summed E-state index contributed by atoms with van der Waals surface area (Å²) in [6.45, 7) is 8.80. The van der Waals surface area contributed by atoms with Crippen LogP contribution in [0.4, 0.5) is 0 Å². The second-order valence-electron chi connectivity index (χ2n) is 10.9. The topological polar surface area (TPSA) is 38.7 Å². The predicted octanol–water partition coefficient (Wildman–Crippen LogP) is 4.91. The molecule has 3 heteroatoms. The Labute approximate surface area is 159 Å². The summed E-state index contributed by atoms with van der Waals surface area (Å²) in [5, 5.41) is 10.9. The second-order valence-corrected chi connectivity index (χ2v) is 10.9. The lowest BCUT2D eigenvalue weighted by molar-refractivity contribution is -0.249. The molecule has 0 aromatic heterocycles. The number of hydrogen-bond donors (Lipinski definition) is 1. The summed E-state index contributed by atoms with van der Waals surface area (Å²) in [5.74, 6) is 2.91. The minimum absolute atomic E-state index is 0.215. The van der Waals surface area contributed by atoms with Crippen LogP contribution in [-0.2, 0) is 9.47 Å². The molecule has 0 radical (unpaired) electrons. The van der Waals surface area contributed by atoms with E-state index in [1.807, 2.05) is 0 Å². The van der Waals surface area contributed by atoms with Crippen LogP contribution < -0.4 is 0 Å². The molecule has 0 unspecified atom stereocenters. The predicted molar refractivity (Wildman–Crippen MR) is 102 cm³/mol. The van der Waals surface area contributed by atoms with E-state index in [4.69, 9.17) is 9.47 Å². The van der Waals surface area contributed by atoms with Crippen LogP contribution in [0.1, 0.15) is 85.0 Å². The Balaban J connectivity index is 1.42. The molecule has 0 amide bonds. The van der Waals surface area contributed by atoms with Crippen LogP contribution in [0.5, 0.6) is 0 Å². The largest absolute Gasteiger partial charge is 0.390 e. The summed E-state index contributed by atoms with van der Waals surface area (Å²) < 4.78 is 12.5. The summed E-state index contributed by atoms with van der Waals surface area (Å²) >= 11 is 0. The number of fused-ring (bicyclic) bond motifs is 6. The van der Waals surface area contributed by atoms with Gasteiger partial charge in [-0.2, -0.15) is 0 Å². The standard InChI is InChI=1S/C23H38O3/c1-4-22(24)12-11-20(2)16(15-22)5-6-17-18(20)7-9-21(3)19(17)8-10-23(21)25-13-14-26-23/h16-19,24H,4-15H2,1-3H3/t16-,17+,18-,19+,20-,21-,22+/m0/s1. The van der Waals surface area contributed by atoms with E-state index < -0.39 is 0 Å². The third-order valence-electron chi connectivity index (χ3n) is 10.3. The molecule has 1 N–H and O–H groups in total. The van der Waals surface area contributed by atoms with Gasteiger partial charge in [-0.15, -0.1) is 0 Å². The second kappa shape index (κ2) is 5.70. The van der Waals surface area contributed by atoms with Gasteiger partial charge in [-0.1, -0.05) is 20.8 Å². The molecule has 5 rings (SSSR count). The third kappa shape index (κ3) is 2.17. The Kier molecular flexibility index (Phi) is 3.94. The van der Waals surface area contributed by atoms with E-state index in [0.29, 0.717) is 5.41 Å². The summed E-state index contributed by atoms with van der Waals surface area (Å²) in [6.07, 6.45) is 11.9. The molecule has 3 nitrogen and oxygen atoms in total. The van der Waals surface area contributed by atoms with Gasteiger partial charge in [0.15, 0.2) is 5.79 Å². The van der Waals surface area contributed by atoms with Crippen molar-refractivity contribution >= 4 is 0 Å². The van der Waals surface area contributed by atoms with Crippen molar-refractivity contribution in [3.63, 3.8) is 0 Å². The quantitative estimate of drug-likeness (QED) is 0.720. The number of hydrogen-bond acceptors (Lipinski definition) is 3. The molecule has 4 aliphatic carbocycles. The van der Waals surface area contributed by atoms with Crippen LogP contribution in [0.3, 0.4) is 0 Å². The molecule has 1 heterocycles. The van der Waals surface area contributed by atoms with E-state index >= 15 is 0 Å². The molecule has 1 spiro atoms. The van der Waals surface area contributed by atoms with Crippen molar-refractivity contribution < 1.29 is 14.6 Å². The first-order valence-corrected chi connectivity index (χ1v) is 11.4. The van der Waals surface area contributed by atoms with Gasteiger partial charge in [0.1, 0.15) is 0 Å². The highest BCUT2D eigenvalue weighted by molar-refractivity contribution is 5.13. The van der Waals surface area contributed by atoms with Crippen molar-refractivity contribution in [2.45, 2.75) is 96.4 Å². The summed E-state index contributed by atoms with van der Waals surface area (Å²) in [7, 11) is 0. The average molecular weight is 363 g/mol. The zero-order valence-corrected chi connectivity index (χ0v) is 17.1. The van der Waals surface area contributed by atoms with E-state index in [1.54, 1.807) is 0 Å². The van der Waals surface area contributed by atoms with E-state index in [1.165, 1.54) is 38.5 Å². The average Bonchev–Trinajstić information content (AvgIpc) is 3.22. The number of rotatable bonds is 1. The third-order valence-corrected chi connectivity index (χ3v) is 10.3. The van der Waals surface area contributed by atoms with Crippen LogP contribution in [0, 0.1) is 34.5 Å². The van der Waals surface area contributed by atoms with Gasteiger partial charge in [0.25, 0.3) is 0 Å². The van der Waals surface area contributed by atoms with Crippen molar-refractivity contribution in [3.05, 3.63) is 0 Å². The first-order chi connectivity index (χ1) is 12.4. The molecule has 148 valence electrons. The van der Waals surface area contributed by atoms with Crippen molar-refractivity contribution in [1.29, 1.82) is 0 Å². The number of aliphatic hydroxyl groups is 1. The van der Waals surface area contributed by atoms with Crippen LogP contribution in [0.2, 0.25) is 0 Å². The van der Waals surface area contributed by atoms with Crippen molar-refractivity contribution in [1.82, 2.24) is 0 Å². The van der Waals surface area contributed by atoms with Gasteiger partial charge >= 0.3 is 0 Å². The first-order valence-electron chi connectivity index (χ1n) is 11.4. The first kappa shape index (κ1) is 17.9. The minimum Gasteiger partial charge on any atom is -0.390 e. The van der Waals surface area contributed by atoms with E-state index in [9.17, 15) is 5.11 Å². The van der Waals surface area contributed by atoms with Crippen LogP contribution in [-0.4, -0.2) is 29.7 Å². The normalized spacial score (nSPS) is 55.4. The maximum absolute atomic E-state index is 10.9. The molecule has 7 atom stereocenters. The molecular weight excluding hydrogens is 324 g/mol. The zero-order valence-electron chi connectivity index (χ0n) is 17.1. The SMILES string of the molecule is CC[C@@]1(O)CC[C@@]2(C)[C@@H](CC[C@H]3[C@H]4CCC5(OCCO5)[C@@]4(C)CC[C@@H]32)C1. The van der Waals surface area contributed by atoms with E-state index in [2.05, 4.69) is 20.8 Å². The van der Waals surface area contributed by atoms with Gasteiger partial charge in [-0.3, -0.25) is 0 Å². The Morgan fingerprint density at radius 2 is 1.62 bits per heavy atom. The van der Waals surface area contributed by atoms with Crippen LogP contribution in [0.15, 0.2) is 0 Å². The lowest BCUT2D eigenvalue weighted by atomic mass is 9.44. The van der Waals surface area contributed by atoms with Gasteiger partial charge in [-0.25, -0.2) is 0 Å². The minimum atomic E-state index is -0.386. The van der Waals surface area contributed by atoms with Gasteiger partial charge in [0, 0.05) is 11.8 Å². The Morgan fingerprint density at radius 1 is 0.885 bits per heavy atom. The molecule has 4 saturated carbocycles. The lowest BCUT2D eigenvalue weighted by Gasteiger charge is -2.62. The van der Waals surface area contributed by atoms with Gasteiger partial charge in [-0.05, 0) is 86.9 Å². The fraction of sp³-hybridized carbons (Fsp3) is 1.00.